The minimum absolute atomic E-state index is 0.0182. The molecule has 1 atom stereocenters. The zero-order valence-electron chi connectivity index (χ0n) is 11.0. The van der Waals surface area contributed by atoms with Crippen molar-refractivity contribution in [3.63, 3.8) is 0 Å². The lowest BCUT2D eigenvalue weighted by Gasteiger charge is -2.15. The molecule has 3 rings (SSSR count). The maximum absolute atomic E-state index is 11.4. The van der Waals surface area contributed by atoms with E-state index in [1.54, 1.807) is 0 Å². The number of alkyl halides is 1. The van der Waals surface area contributed by atoms with Gasteiger partial charge in [0.25, 0.3) is 0 Å². The Balaban J connectivity index is 2.14. The highest BCUT2D eigenvalue weighted by Crippen LogP contribution is 2.39. The Kier molecular flexibility index (Phi) is 4.12. The fourth-order valence-corrected chi connectivity index (χ4v) is 4.96. The highest BCUT2D eigenvalue weighted by Gasteiger charge is 2.17. The molecule has 0 saturated carbocycles. The van der Waals surface area contributed by atoms with Gasteiger partial charge < -0.3 is 9.97 Å². The number of H-pyrrole nitrogens is 2. The molecule has 0 amide bonds. The highest BCUT2D eigenvalue weighted by molar-refractivity contribution is 9.11. The number of fused-ring (bicyclic) bond motifs is 1. The van der Waals surface area contributed by atoms with Crippen LogP contribution in [0.2, 0.25) is 0 Å². The maximum atomic E-state index is 11.4. The van der Waals surface area contributed by atoms with Crippen LogP contribution in [0.5, 0.6) is 0 Å². The van der Waals surface area contributed by atoms with Gasteiger partial charge in [-0.15, -0.1) is 0 Å². The molecule has 0 spiro atoms. The summed E-state index contributed by atoms with van der Waals surface area (Å²) in [5, 5.41) is 0. The zero-order valence-corrected chi connectivity index (χ0v) is 15.8. The van der Waals surface area contributed by atoms with Gasteiger partial charge in [-0.05, 0) is 41.8 Å². The summed E-state index contributed by atoms with van der Waals surface area (Å²) in [7, 11) is 0. The Morgan fingerprint density at radius 2 is 1.57 bits per heavy atom. The lowest BCUT2D eigenvalue weighted by atomic mass is 10.0. The van der Waals surface area contributed by atoms with Gasteiger partial charge in [-0.25, -0.2) is 4.79 Å². The Morgan fingerprint density at radius 1 is 0.952 bits per heavy atom. The fourth-order valence-electron chi connectivity index (χ4n) is 2.27. The van der Waals surface area contributed by atoms with Crippen molar-refractivity contribution in [2.45, 2.75) is 11.8 Å². The molecular weight excluding hydrogens is 464 g/mol. The molecule has 0 saturated heterocycles. The molecule has 3 aromatic rings. The third-order valence-electron chi connectivity index (χ3n) is 3.34. The number of aryl methyl sites for hydroxylation is 1. The summed E-state index contributed by atoms with van der Waals surface area (Å²) in [6.07, 6.45) is 0. The van der Waals surface area contributed by atoms with E-state index in [1.807, 2.05) is 12.1 Å². The first-order chi connectivity index (χ1) is 9.95. The standard InChI is InChI=1S/C15H11Br3N2O/c1-7-2-3-8(10(16)4-7)14(18)9-5-12-13(6-11(9)17)20-15(21)19-12/h2-6,14H,1H3,(H2,19,20,21). The molecule has 3 nitrogen and oxygen atoms in total. The first-order valence-electron chi connectivity index (χ1n) is 6.27. The van der Waals surface area contributed by atoms with Gasteiger partial charge >= 0.3 is 5.69 Å². The highest BCUT2D eigenvalue weighted by atomic mass is 79.9. The minimum Gasteiger partial charge on any atom is -0.306 e. The van der Waals surface area contributed by atoms with Crippen molar-refractivity contribution in [1.82, 2.24) is 9.97 Å². The van der Waals surface area contributed by atoms with E-state index in [1.165, 1.54) is 5.56 Å². The Hall–Kier alpha value is -0.850. The van der Waals surface area contributed by atoms with Gasteiger partial charge in [-0.1, -0.05) is 59.9 Å². The van der Waals surface area contributed by atoms with Crippen LogP contribution in [-0.2, 0) is 0 Å². The Bertz CT molecular complexity index is 882. The molecule has 2 N–H and O–H groups in total. The SMILES string of the molecule is Cc1ccc(C(Br)c2cc3[nH]c(=O)[nH]c3cc2Br)c(Br)c1. The van der Waals surface area contributed by atoms with E-state index in [0.29, 0.717) is 0 Å². The quantitative estimate of drug-likeness (QED) is 0.494. The average Bonchev–Trinajstić information content (AvgIpc) is 2.76. The molecule has 0 aliphatic carbocycles. The van der Waals surface area contributed by atoms with Crippen molar-refractivity contribution in [2.75, 3.05) is 0 Å². The van der Waals surface area contributed by atoms with Crippen LogP contribution in [-0.4, -0.2) is 9.97 Å². The zero-order chi connectivity index (χ0) is 15.1. The summed E-state index contributed by atoms with van der Waals surface area (Å²) in [5.74, 6) is 0. The second kappa shape index (κ2) is 5.74. The first kappa shape index (κ1) is 15.1. The van der Waals surface area contributed by atoms with Crippen molar-refractivity contribution in [2.24, 2.45) is 0 Å². The molecule has 0 fully saturated rings. The van der Waals surface area contributed by atoms with E-state index < -0.39 is 0 Å². The van der Waals surface area contributed by atoms with Crippen LogP contribution in [0.1, 0.15) is 21.5 Å². The number of halogens is 3. The molecule has 0 bridgehead atoms. The van der Waals surface area contributed by atoms with Crippen LogP contribution in [0.15, 0.2) is 44.1 Å². The van der Waals surface area contributed by atoms with Gasteiger partial charge in [0.2, 0.25) is 0 Å². The summed E-state index contributed by atoms with van der Waals surface area (Å²) in [4.78, 5) is 17.0. The smallest absolute Gasteiger partial charge is 0.306 e. The topological polar surface area (TPSA) is 48.6 Å². The summed E-state index contributed by atoms with van der Waals surface area (Å²) >= 11 is 10.9. The predicted octanol–water partition coefficient (Wildman–Crippen LogP) is 5.17. The molecule has 0 aliphatic rings. The van der Waals surface area contributed by atoms with Gasteiger partial charge in [0.15, 0.2) is 0 Å². The van der Waals surface area contributed by atoms with Crippen molar-refractivity contribution in [3.05, 3.63) is 66.5 Å². The van der Waals surface area contributed by atoms with Crippen LogP contribution in [0.4, 0.5) is 0 Å². The third kappa shape index (κ3) is 2.89. The molecule has 21 heavy (non-hydrogen) atoms. The van der Waals surface area contributed by atoms with Crippen molar-refractivity contribution in [1.29, 1.82) is 0 Å². The van der Waals surface area contributed by atoms with Crippen LogP contribution >= 0.6 is 47.8 Å². The van der Waals surface area contributed by atoms with Crippen LogP contribution in [0.3, 0.4) is 0 Å². The molecule has 2 aromatic carbocycles. The lowest BCUT2D eigenvalue weighted by molar-refractivity contribution is 1.15. The van der Waals surface area contributed by atoms with Gasteiger partial charge in [-0.3, -0.25) is 0 Å². The van der Waals surface area contributed by atoms with E-state index in [0.717, 1.165) is 31.1 Å². The van der Waals surface area contributed by atoms with Gasteiger partial charge in [0.1, 0.15) is 0 Å². The molecule has 1 unspecified atom stereocenters. The summed E-state index contributed by atoms with van der Waals surface area (Å²) in [6, 6.07) is 10.2. The number of hydrogen-bond donors (Lipinski definition) is 2. The maximum Gasteiger partial charge on any atom is 0.323 e. The molecule has 0 aliphatic heterocycles. The number of benzene rings is 2. The van der Waals surface area contributed by atoms with Crippen molar-refractivity contribution < 1.29 is 0 Å². The second-order valence-corrected chi connectivity index (χ2v) is 7.51. The fraction of sp³-hybridized carbons (Fsp3) is 0.133. The molecule has 0 radical (unpaired) electrons. The normalized spacial score (nSPS) is 12.8. The second-order valence-electron chi connectivity index (χ2n) is 4.89. The van der Waals surface area contributed by atoms with E-state index in [-0.39, 0.29) is 10.5 Å². The molecule has 6 heteroatoms. The number of nitrogens with one attached hydrogen (secondary N) is 2. The monoisotopic (exact) mass is 472 g/mol. The summed E-state index contributed by atoms with van der Waals surface area (Å²) in [5.41, 5.74) is 4.79. The molecule has 108 valence electrons. The number of imidazole rings is 1. The van der Waals surface area contributed by atoms with Gasteiger partial charge in [-0.2, -0.15) is 0 Å². The summed E-state index contributed by atoms with van der Waals surface area (Å²) in [6.45, 7) is 2.06. The third-order valence-corrected chi connectivity index (χ3v) is 5.70. The first-order valence-corrected chi connectivity index (χ1v) is 8.77. The lowest BCUT2D eigenvalue weighted by Crippen LogP contribution is -1.99. The van der Waals surface area contributed by atoms with E-state index in [4.69, 9.17) is 0 Å². The molecule has 1 heterocycles. The predicted molar refractivity (Wildman–Crippen MR) is 96.3 cm³/mol. The van der Waals surface area contributed by atoms with Crippen molar-refractivity contribution in [3.8, 4) is 0 Å². The van der Waals surface area contributed by atoms with Gasteiger partial charge in [0, 0.05) is 8.95 Å². The number of aromatic amines is 2. The van der Waals surface area contributed by atoms with Gasteiger partial charge in [0.05, 0.1) is 15.9 Å². The largest absolute Gasteiger partial charge is 0.323 e. The Morgan fingerprint density at radius 3 is 2.24 bits per heavy atom. The van der Waals surface area contributed by atoms with Crippen LogP contribution in [0, 0.1) is 6.92 Å². The van der Waals surface area contributed by atoms with E-state index >= 15 is 0 Å². The minimum atomic E-state index is -0.198. The molecule has 1 aromatic heterocycles. The number of aromatic nitrogens is 2. The van der Waals surface area contributed by atoms with Crippen LogP contribution in [0.25, 0.3) is 11.0 Å². The van der Waals surface area contributed by atoms with Crippen LogP contribution < -0.4 is 5.69 Å². The number of hydrogen-bond acceptors (Lipinski definition) is 1. The summed E-state index contributed by atoms with van der Waals surface area (Å²) < 4.78 is 2.00. The van der Waals surface area contributed by atoms with Crippen molar-refractivity contribution >= 4 is 58.8 Å². The average molecular weight is 475 g/mol. The van der Waals surface area contributed by atoms with E-state index in [9.17, 15) is 4.79 Å². The van der Waals surface area contributed by atoms with E-state index in [2.05, 4.69) is 82.9 Å². The number of rotatable bonds is 2. The molecular formula is C15H11Br3N2O. The Labute approximate surface area is 146 Å².